The molecule has 1 N–H and O–H groups in total. The lowest BCUT2D eigenvalue weighted by molar-refractivity contribution is 0.0947. The van der Waals surface area contributed by atoms with Crippen LogP contribution in [0.3, 0.4) is 0 Å². The van der Waals surface area contributed by atoms with Gasteiger partial charge in [0.15, 0.2) is 5.65 Å². The number of furan rings is 1. The molecule has 0 aliphatic heterocycles. The van der Waals surface area contributed by atoms with Gasteiger partial charge in [-0.2, -0.15) is 4.68 Å². The maximum Gasteiger partial charge on any atom is 0.251 e. The number of carbonyl (C=O) groups excluding carboxylic acids is 1. The summed E-state index contributed by atoms with van der Waals surface area (Å²) in [6.07, 6.45) is 4.33. The molecule has 0 fully saturated rings. The fourth-order valence-corrected chi connectivity index (χ4v) is 4.16. The van der Waals surface area contributed by atoms with E-state index in [9.17, 15) is 4.79 Å². The average Bonchev–Trinajstić information content (AvgIpc) is 3.58. The van der Waals surface area contributed by atoms with Crippen LogP contribution in [0.4, 0.5) is 0 Å². The molecular weight excluding hydrogens is 452 g/mol. The first-order chi connectivity index (χ1) is 17.7. The highest BCUT2D eigenvalue weighted by molar-refractivity contribution is 5.95. The normalized spacial score (nSPS) is 11.3. The van der Waals surface area contributed by atoms with E-state index >= 15 is 0 Å². The summed E-state index contributed by atoms with van der Waals surface area (Å²) in [6.45, 7) is 4.76. The highest BCUT2D eigenvalue weighted by Crippen LogP contribution is 2.19. The van der Waals surface area contributed by atoms with Crippen molar-refractivity contribution in [3.63, 3.8) is 0 Å². The van der Waals surface area contributed by atoms with E-state index in [1.54, 1.807) is 17.1 Å². The van der Waals surface area contributed by atoms with Crippen molar-refractivity contribution in [3.05, 3.63) is 108 Å². The summed E-state index contributed by atoms with van der Waals surface area (Å²) < 4.78 is 7.23. The Labute approximate surface area is 209 Å². The molecule has 8 nitrogen and oxygen atoms in total. The van der Waals surface area contributed by atoms with Gasteiger partial charge >= 0.3 is 0 Å². The van der Waals surface area contributed by atoms with E-state index in [1.807, 2.05) is 55.5 Å². The first-order valence-corrected chi connectivity index (χ1v) is 12.0. The predicted octanol–water partition coefficient (Wildman–Crippen LogP) is 4.19. The highest BCUT2D eigenvalue weighted by Gasteiger charge is 2.14. The van der Waals surface area contributed by atoms with Crippen molar-refractivity contribution in [1.29, 1.82) is 0 Å². The molecule has 1 amide bonds. The van der Waals surface area contributed by atoms with Crippen LogP contribution in [0.1, 0.15) is 27.2 Å². The van der Waals surface area contributed by atoms with Gasteiger partial charge in [0.2, 0.25) is 0 Å². The Hall–Kier alpha value is -4.30. The first kappa shape index (κ1) is 23.4. The molecule has 8 heteroatoms. The largest absolute Gasteiger partial charge is 0.468 e. The Morgan fingerprint density at radius 1 is 1.03 bits per heavy atom. The van der Waals surface area contributed by atoms with Gasteiger partial charge in [-0.15, -0.1) is 5.10 Å². The van der Waals surface area contributed by atoms with Crippen LogP contribution < -0.4 is 5.32 Å². The molecule has 5 aromatic rings. The van der Waals surface area contributed by atoms with Gasteiger partial charge in [0.1, 0.15) is 11.3 Å². The minimum atomic E-state index is -0.130. The van der Waals surface area contributed by atoms with Crippen molar-refractivity contribution in [3.8, 4) is 5.69 Å². The van der Waals surface area contributed by atoms with E-state index in [1.165, 1.54) is 5.56 Å². The minimum Gasteiger partial charge on any atom is -0.468 e. The molecule has 5 rings (SSSR count). The van der Waals surface area contributed by atoms with Crippen molar-refractivity contribution in [2.75, 3.05) is 19.6 Å². The summed E-state index contributed by atoms with van der Waals surface area (Å²) in [5, 5.41) is 11.5. The van der Waals surface area contributed by atoms with Crippen LogP contribution in [0, 0.1) is 6.92 Å². The minimum absolute atomic E-state index is 0.130. The van der Waals surface area contributed by atoms with E-state index in [-0.39, 0.29) is 5.91 Å². The topological polar surface area (TPSA) is 89.1 Å². The highest BCUT2D eigenvalue weighted by atomic mass is 16.3. The van der Waals surface area contributed by atoms with E-state index in [2.05, 4.69) is 49.8 Å². The van der Waals surface area contributed by atoms with Gasteiger partial charge in [-0.3, -0.25) is 9.69 Å². The number of amides is 1. The average molecular weight is 481 g/mol. The molecule has 36 heavy (non-hydrogen) atoms. The maximum absolute atomic E-state index is 13.0. The van der Waals surface area contributed by atoms with E-state index < -0.39 is 0 Å². The van der Waals surface area contributed by atoms with Crippen LogP contribution in [0.25, 0.3) is 16.9 Å². The summed E-state index contributed by atoms with van der Waals surface area (Å²) in [5.41, 5.74) is 4.98. The molecule has 0 bridgehead atoms. The van der Waals surface area contributed by atoms with Crippen LogP contribution in [0.2, 0.25) is 0 Å². The summed E-state index contributed by atoms with van der Waals surface area (Å²) in [7, 11) is 0. The van der Waals surface area contributed by atoms with Gasteiger partial charge in [0.05, 0.1) is 18.5 Å². The van der Waals surface area contributed by atoms with Gasteiger partial charge in [-0.05, 0) is 60.9 Å². The van der Waals surface area contributed by atoms with Crippen LogP contribution >= 0.6 is 0 Å². The Morgan fingerprint density at radius 3 is 2.75 bits per heavy atom. The standard InChI is InChI=1S/C28H28N6O2/c1-21-11-12-23(19-26(21)34-27-25(31-32-34)10-5-14-29-27)28(35)30-15-17-33(20-24-9-6-18-36-24)16-13-22-7-3-2-4-8-22/h2-12,14,18-19H,13,15-17,20H2,1H3,(H,30,35). The first-order valence-electron chi connectivity index (χ1n) is 12.0. The maximum atomic E-state index is 13.0. The number of nitrogens with one attached hydrogen (secondary N) is 1. The number of aromatic nitrogens is 4. The number of hydrogen-bond donors (Lipinski definition) is 1. The number of rotatable bonds is 10. The smallest absolute Gasteiger partial charge is 0.251 e. The third kappa shape index (κ3) is 5.50. The lowest BCUT2D eigenvalue weighted by atomic mass is 10.1. The molecular formula is C28H28N6O2. The number of carbonyl (C=O) groups is 1. The fraction of sp³-hybridized carbons (Fsp3) is 0.214. The number of aryl methyl sites for hydroxylation is 1. The lowest BCUT2D eigenvalue weighted by Crippen LogP contribution is -2.35. The Balaban J connectivity index is 1.24. The van der Waals surface area contributed by atoms with Crippen LogP contribution in [0.5, 0.6) is 0 Å². The quantitative estimate of drug-likeness (QED) is 0.322. The molecule has 182 valence electrons. The zero-order valence-electron chi connectivity index (χ0n) is 20.2. The van der Waals surface area contributed by atoms with E-state index in [0.717, 1.165) is 30.0 Å². The van der Waals surface area contributed by atoms with Crippen molar-refractivity contribution in [2.45, 2.75) is 19.9 Å². The molecule has 3 aromatic heterocycles. The Kier molecular flexibility index (Phi) is 7.14. The van der Waals surface area contributed by atoms with Crippen molar-refractivity contribution >= 4 is 17.1 Å². The van der Waals surface area contributed by atoms with E-state index in [4.69, 9.17) is 4.42 Å². The van der Waals surface area contributed by atoms with Gasteiger partial charge in [-0.1, -0.05) is 41.6 Å². The Morgan fingerprint density at radius 2 is 1.92 bits per heavy atom. The third-order valence-electron chi connectivity index (χ3n) is 6.14. The van der Waals surface area contributed by atoms with Crippen molar-refractivity contribution in [1.82, 2.24) is 30.2 Å². The second-order valence-electron chi connectivity index (χ2n) is 8.70. The SMILES string of the molecule is Cc1ccc(C(=O)NCCN(CCc2ccccc2)Cc2ccco2)cc1-n1nnc2cccnc21. The van der Waals surface area contributed by atoms with Crippen LogP contribution in [0.15, 0.2) is 89.7 Å². The van der Waals surface area contributed by atoms with E-state index in [0.29, 0.717) is 36.4 Å². The number of hydrogen-bond acceptors (Lipinski definition) is 6. The number of nitrogens with zero attached hydrogens (tertiary/aromatic N) is 5. The molecule has 0 unspecified atom stereocenters. The van der Waals surface area contributed by atoms with Crippen LogP contribution in [-0.2, 0) is 13.0 Å². The zero-order chi connectivity index (χ0) is 24.7. The lowest BCUT2D eigenvalue weighted by Gasteiger charge is -2.21. The van der Waals surface area contributed by atoms with Crippen molar-refractivity contribution < 1.29 is 9.21 Å². The van der Waals surface area contributed by atoms with Gasteiger partial charge in [-0.25, -0.2) is 4.98 Å². The molecule has 0 spiro atoms. The summed E-state index contributed by atoms with van der Waals surface area (Å²) in [4.78, 5) is 19.7. The second kappa shape index (κ2) is 11.0. The summed E-state index contributed by atoms with van der Waals surface area (Å²) in [6, 6.07) is 23.6. The molecule has 0 radical (unpaired) electrons. The second-order valence-corrected chi connectivity index (χ2v) is 8.70. The Bertz CT molecular complexity index is 1430. The summed E-state index contributed by atoms with van der Waals surface area (Å²) in [5.74, 6) is 0.779. The van der Waals surface area contributed by atoms with Gasteiger partial charge in [0, 0.05) is 31.4 Å². The molecule has 3 heterocycles. The third-order valence-corrected chi connectivity index (χ3v) is 6.14. The van der Waals surface area contributed by atoms with Gasteiger partial charge in [0.25, 0.3) is 5.91 Å². The molecule has 0 saturated carbocycles. The molecule has 2 aromatic carbocycles. The zero-order valence-corrected chi connectivity index (χ0v) is 20.2. The number of fused-ring (bicyclic) bond motifs is 1. The summed E-state index contributed by atoms with van der Waals surface area (Å²) >= 11 is 0. The molecule has 0 saturated heterocycles. The molecule has 0 aliphatic rings. The fourth-order valence-electron chi connectivity index (χ4n) is 4.16. The number of benzene rings is 2. The number of pyridine rings is 1. The van der Waals surface area contributed by atoms with Gasteiger partial charge < -0.3 is 9.73 Å². The molecule has 0 aliphatic carbocycles. The monoisotopic (exact) mass is 480 g/mol. The molecule has 0 atom stereocenters. The predicted molar refractivity (Wildman–Crippen MR) is 138 cm³/mol. The van der Waals surface area contributed by atoms with Crippen molar-refractivity contribution in [2.24, 2.45) is 0 Å². The van der Waals surface area contributed by atoms with Crippen LogP contribution in [-0.4, -0.2) is 50.4 Å².